The van der Waals surface area contributed by atoms with Crippen LogP contribution in [0, 0.1) is 11.8 Å². The van der Waals surface area contributed by atoms with Gasteiger partial charge in [-0.15, -0.1) is 0 Å². The SMILES string of the molecule is CC[C@H](C)[C@@H]1NC(=O)[C@H](Cc2ccc(O)cc2)NC(=O)CCC(=O)NC[C@@H](C(=O)N2CCC23C[C@@H]3C(=O)N[C@@H](CCC(N)=O)C(=O)NCC(N)=O)NC(=O)[C@H](CC(N)=O)NC(=O)[C@H](CCC(N)=O)NC1=O. The van der Waals surface area contributed by atoms with Crippen LogP contribution in [0.3, 0.4) is 0 Å². The highest BCUT2D eigenvalue weighted by atomic mass is 16.3. The van der Waals surface area contributed by atoms with E-state index in [0.717, 1.165) is 0 Å². The molecule has 1 aromatic rings. The largest absolute Gasteiger partial charge is 0.508 e. The molecule has 13 amide bonds. The molecule has 9 atom stereocenters. The van der Waals surface area contributed by atoms with Crippen LogP contribution in [0.25, 0.3) is 0 Å². The molecule has 388 valence electrons. The van der Waals surface area contributed by atoms with Crippen molar-refractivity contribution in [3.05, 3.63) is 29.8 Å². The average molecular weight is 998 g/mol. The molecule has 0 bridgehead atoms. The fraction of sp³-hybridized carbons (Fsp3) is 0.568. The maximum Gasteiger partial charge on any atom is 0.247 e. The molecule has 2 aliphatic heterocycles. The van der Waals surface area contributed by atoms with E-state index in [-0.39, 0.29) is 44.4 Å². The Morgan fingerprint density at radius 3 is 1.97 bits per heavy atom. The van der Waals surface area contributed by atoms with Gasteiger partial charge in [0.1, 0.15) is 42.0 Å². The topological polar surface area (TPSA) is 446 Å². The molecule has 4 rings (SSSR count). The third-order valence-electron chi connectivity index (χ3n) is 12.6. The molecule has 1 saturated carbocycles. The fourth-order valence-electron chi connectivity index (χ4n) is 8.16. The molecule has 17 N–H and O–H groups in total. The van der Waals surface area contributed by atoms with Crippen molar-refractivity contribution in [3.63, 3.8) is 0 Å². The Morgan fingerprint density at radius 2 is 1.38 bits per heavy atom. The van der Waals surface area contributed by atoms with Crippen LogP contribution in [0.1, 0.15) is 83.6 Å². The van der Waals surface area contributed by atoms with Crippen molar-refractivity contribution in [3.8, 4) is 5.75 Å². The van der Waals surface area contributed by atoms with Crippen LogP contribution in [0.4, 0.5) is 0 Å². The van der Waals surface area contributed by atoms with Crippen molar-refractivity contribution in [2.45, 2.75) is 126 Å². The molecule has 1 unspecified atom stereocenters. The molecular formula is C44H63N13O14. The Morgan fingerprint density at radius 1 is 0.761 bits per heavy atom. The standard InChI is InChI=1S/C44H63N13O14/c1-3-21(2)36-42(70)53-26(9-11-31(46)60)39(67)54-28(17-32(47)61)40(68)55-29(19-49-34(63)12-13-35(64)51-27(41(69)56-36)16-22-4-6-23(58)7-5-22)43(71)57-15-14-44(57)18-24(44)37(65)52-25(8-10-30(45)59)38(66)50-20-33(48)62/h4-7,21,24-29,36,58H,3,8-20H2,1-2H3,(H2,45,59)(H2,46,60)(H2,47,61)(H2,48,62)(H,49,63)(H,50,66)(H,51,64)(H,52,65)(H,53,70)(H,54,67)(H,55,68)(H,56,69)/t21-,24+,25-,26-,27-,28-,29-,36-,44?/m0/s1. The number of benzene rings is 1. The number of nitrogens with one attached hydrogen (secondary N) is 8. The maximum atomic E-state index is 14.4. The van der Waals surface area contributed by atoms with Crippen molar-refractivity contribution < 1.29 is 67.4 Å². The second kappa shape index (κ2) is 25.1. The van der Waals surface area contributed by atoms with Gasteiger partial charge in [0.25, 0.3) is 0 Å². The van der Waals surface area contributed by atoms with Crippen molar-refractivity contribution in [2.75, 3.05) is 19.6 Å². The number of phenols is 1. The van der Waals surface area contributed by atoms with E-state index >= 15 is 0 Å². The van der Waals surface area contributed by atoms with E-state index < -0.39 is 176 Å². The van der Waals surface area contributed by atoms with Crippen LogP contribution >= 0.6 is 0 Å². The van der Waals surface area contributed by atoms with Gasteiger partial charge in [0, 0.05) is 45.2 Å². The zero-order valence-electron chi connectivity index (χ0n) is 39.3. The predicted octanol–water partition coefficient (Wildman–Crippen LogP) is -6.20. The summed E-state index contributed by atoms with van der Waals surface area (Å²) in [5.74, 6) is -13.2. The normalized spacial score (nSPS) is 25.2. The van der Waals surface area contributed by atoms with E-state index in [9.17, 15) is 67.4 Å². The third-order valence-corrected chi connectivity index (χ3v) is 12.6. The zero-order chi connectivity index (χ0) is 52.7. The summed E-state index contributed by atoms with van der Waals surface area (Å²) in [6.45, 7) is 2.19. The van der Waals surface area contributed by atoms with Gasteiger partial charge in [0.2, 0.25) is 76.8 Å². The number of primary amides is 4. The van der Waals surface area contributed by atoms with E-state index in [1.54, 1.807) is 13.8 Å². The van der Waals surface area contributed by atoms with E-state index in [4.69, 9.17) is 22.9 Å². The lowest BCUT2D eigenvalue weighted by atomic mass is 9.95. The van der Waals surface area contributed by atoms with E-state index in [1.165, 1.54) is 29.2 Å². The summed E-state index contributed by atoms with van der Waals surface area (Å²) in [6, 6.07) is -3.43. The number of likely N-dealkylation sites (tertiary alicyclic amines) is 1. The molecule has 0 aromatic heterocycles. The van der Waals surface area contributed by atoms with Crippen molar-refractivity contribution >= 4 is 76.8 Å². The number of rotatable bonds is 18. The highest BCUT2D eigenvalue weighted by Crippen LogP contribution is 2.57. The van der Waals surface area contributed by atoms with Crippen LogP contribution < -0.4 is 65.5 Å². The molecule has 1 aliphatic carbocycles. The highest BCUT2D eigenvalue weighted by molar-refractivity contribution is 5.99. The number of phenolic OH excluding ortho intramolecular Hbond substituents is 1. The maximum absolute atomic E-state index is 14.4. The number of hydrogen-bond donors (Lipinski definition) is 13. The minimum absolute atomic E-state index is 0.0481. The quantitative estimate of drug-likeness (QED) is 0.0651. The minimum atomic E-state index is -1.83. The summed E-state index contributed by atoms with van der Waals surface area (Å²) >= 11 is 0. The van der Waals surface area contributed by atoms with Gasteiger partial charge in [-0.3, -0.25) is 62.3 Å². The second-order valence-corrected chi connectivity index (χ2v) is 17.9. The van der Waals surface area contributed by atoms with Gasteiger partial charge in [0.15, 0.2) is 0 Å². The Balaban J connectivity index is 1.66. The molecule has 1 spiro atoms. The smallest absolute Gasteiger partial charge is 0.247 e. The summed E-state index contributed by atoms with van der Waals surface area (Å²) in [5.41, 5.74) is 20.6. The number of nitrogens with zero attached hydrogens (tertiary/aromatic N) is 1. The van der Waals surface area contributed by atoms with Crippen LogP contribution in [-0.2, 0) is 68.7 Å². The van der Waals surface area contributed by atoms with Crippen LogP contribution in [0.15, 0.2) is 24.3 Å². The molecule has 71 heavy (non-hydrogen) atoms. The van der Waals surface area contributed by atoms with Gasteiger partial charge < -0.3 is 75.5 Å². The van der Waals surface area contributed by atoms with Crippen molar-refractivity contribution in [1.82, 2.24) is 47.4 Å². The number of nitrogens with two attached hydrogens (primary N) is 4. The predicted molar refractivity (Wildman–Crippen MR) is 245 cm³/mol. The van der Waals surface area contributed by atoms with E-state index in [1.807, 2.05) is 0 Å². The van der Waals surface area contributed by atoms with Gasteiger partial charge in [-0.05, 0) is 49.3 Å². The molecule has 3 fully saturated rings. The van der Waals surface area contributed by atoms with Gasteiger partial charge in [-0.2, -0.15) is 0 Å². The van der Waals surface area contributed by atoms with Gasteiger partial charge >= 0.3 is 0 Å². The first-order valence-electron chi connectivity index (χ1n) is 23.0. The van der Waals surface area contributed by atoms with Gasteiger partial charge in [0.05, 0.1) is 24.4 Å². The first-order valence-corrected chi connectivity index (χ1v) is 23.0. The van der Waals surface area contributed by atoms with Gasteiger partial charge in [-0.1, -0.05) is 32.4 Å². The summed E-state index contributed by atoms with van der Waals surface area (Å²) in [7, 11) is 0. The number of carbonyl (C=O) groups excluding carboxylic acids is 13. The summed E-state index contributed by atoms with van der Waals surface area (Å²) in [4.78, 5) is 172. The number of carbonyl (C=O) groups is 13. The third kappa shape index (κ3) is 16.1. The zero-order valence-corrected chi connectivity index (χ0v) is 39.3. The summed E-state index contributed by atoms with van der Waals surface area (Å²) < 4.78 is 0. The van der Waals surface area contributed by atoms with Crippen molar-refractivity contribution in [1.29, 1.82) is 0 Å². The monoisotopic (exact) mass is 997 g/mol. The molecule has 2 heterocycles. The summed E-state index contributed by atoms with van der Waals surface area (Å²) in [5, 5.41) is 29.6. The van der Waals surface area contributed by atoms with Gasteiger partial charge in [-0.25, -0.2) is 0 Å². The Bertz CT molecular complexity index is 2260. The Labute approximate surface area is 407 Å². The molecule has 2 saturated heterocycles. The summed E-state index contributed by atoms with van der Waals surface area (Å²) in [6.07, 6.45) is -2.76. The molecular weight excluding hydrogens is 935 g/mol. The number of aromatic hydroxyl groups is 1. The van der Waals surface area contributed by atoms with Crippen LogP contribution in [-0.4, -0.2) is 148 Å². The first-order chi connectivity index (χ1) is 33.4. The Kier molecular flexibility index (Phi) is 19.7. The number of amides is 13. The molecule has 0 radical (unpaired) electrons. The molecule has 1 aromatic carbocycles. The lowest BCUT2D eigenvalue weighted by Gasteiger charge is -2.44. The molecule has 27 heteroatoms. The first kappa shape index (κ1) is 55.7. The fourth-order valence-corrected chi connectivity index (χ4v) is 8.16. The Hall–Kier alpha value is -7.87. The second-order valence-electron chi connectivity index (χ2n) is 17.9. The molecule has 27 nitrogen and oxygen atoms in total. The van der Waals surface area contributed by atoms with Crippen LogP contribution in [0.5, 0.6) is 5.75 Å². The minimum Gasteiger partial charge on any atom is -0.508 e. The average Bonchev–Trinajstić information content (AvgIpc) is 4.08. The number of hydrogen-bond acceptors (Lipinski definition) is 14. The lowest BCUT2D eigenvalue weighted by Crippen LogP contribution is -2.65. The highest BCUT2D eigenvalue weighted by Gasteiger charge is 2.68. The lowest BCUT2D eigenvalue weighted by molar-refractivity contribution is -0.147. The van der Waals surface area contributed by atoms with E-state index in [0.29, 0.717) is 12.0 Å². The van der Waals surface area contributed by atoms with Crippen LogP contribution in [0.2, 0.25) is 0 Å². The van der Waals surface area contributed by atoms with E-state index in [2.05, 4.69) is 42.5 Å². The molecule has 3 aliphatic rings. The van der Waals surface area contributed by atoms with Crippen molar-refractivity contribution in [2.24, 2.45) is 34.8 Å².